The molecule has 20 heavy (non-hydrogen) atoms. The molecule has 1 aliphatic carbocycles. The fourth-order valence-corrected chi connectivity index (χ4v) is 4.54. The number of methoxy groups -OCH3 is 1. The maximum Gasteiger partial charge on any atom is 0.217 e. The normalized spacial score (nSPS) is 17.2. The summed E-state index contributed by atoms with van der Waals surface area (Å²) in [6.45, 7) is 2.37. The van der Waals surface area contributed by atoms with E-state index in [9.17, 15) is 8.42 Å². The lowest BCUT2D eigenvalue weighted by molar-refractivity contribution is 0.414. The fraction of sp³-hybridized carbons (Fsp3) is 0.600. The Bertz CT molecular complexity index is 535. The van der Waals surface area contributed by atoms with Gasteiger partial charge in [-0.2, -0.15) is 0 Å². The highest BCUT2D eigenvalue weighted by atomic mass is 32.2. The molecule has 0 heterocycles. The average Bonchev–Trinajstić information content (AvgIpc) is 3.24. The van der Waals surface area contributed by atoms with Crippen LogP contribution in [0.4, 0.5) is 0 Å². The van der Waals surface area contributed by atoms with Gasteiger partial charge in [0.1, 0.15) is 5.75 Å². The number of sulfonamides is 1. The van der Waals surface area contributed by atoms with Gasteiger partial charge in [0.2, 0.25) is 10.0 Å². The molecule has 2 rings (SSSR count). The van der Waals surface area contributed by atoms with Gasteiger partial charge in [-0.3, -0.25) is 0 Å². The van der Waals surface area contributed by atoms with Gasteiger partial charge in [-0.05, 0) is 42.9 Å². The van der Waals surface area contributed by atoms with Crippen LogP contribution in [0.15, 0.2) is 24.3 Å². The minimum atomic E-state index is -3.20. The highest BCUT2D eigenvalue weighted by Crippen LogP contribution is 2.38. The van der Waals surface area contributed by atoms with Crippen molar-refractivity contribution in [1.29, 1.82) is 0 Å². The second-order valence-corrected chi connectivity index (χ2v) is 7.69. The molecule has 112 valence electrons. The van der Waals surface area contributed by atoms with Crippen molar-refractivity contribution in [3.8, 4) is 5.75 Å². The van der Waals surface area contributed by atoms with E-state index in [-0.39, 0.29) is 5.25 Å². The van der Waals surface area contributed by atoms with Crippen LogP contribution < -0.4 is 4.74 Å². The van der Waals surface area contributed by atoms with Crippen LogP contribution in [0.3, 0.4) is 0 Å². The lowest BCUT2D eigenvalue weighted by Crippen LogP contribution is -2.36. The number of ether oxygens (including phenoxy) is 1. The first-order valence-electron chi connectivity index (χ1n) is 7.07. The van der Waals surface area contributed by atoms with Crippen molar-refractivity contribution in [1.82, 2.24) is 4.31 Å². The summed E-state index contributed by atoms with van der Waals surface area (Å²) in [6, 6.07) is 7.52. The molecule has 1 aromatic carbocycles. The van der Waals surface area contributed by atoms with E-state index >= 15 is 0 Å². The predicted octanol–water partition coefficient (Wildman–Crippen LogP) is 2.65. The van der Waals surface area contributed by atoms with E-state index < -0.39 is 10.0 Å². The van der Waals surface area contributed by atoms with Crippen molar-refractivity contribution < 1.29 is 13.2 Å². The largest absolute Gasteiger partial charge is 0.497 e. The molecule has 0 aromatic heterocycles. The molecule has 1 atom stereocenters. The zero-order valence-corrected chi connectivity index (χ0v) is 13.2. The van der Waals surface area contributed by atoms with E-state index in [1.807, 2.05) is 31.2 Å². The van der Waals surface area contributed by atoms with Gasteiger partial charge < -0.3 is 4.74 Å². The topological polar surface area (TPSA) is 46.6 Å². The molecule has 0 spiro atoms. The Morgan fingerprint density at radius 1 is 1.30 bits per heavy atom. The molecule has 1 aliphatic rings. The SMILES string of the molecule is CCC(C1CC1)S(=O)(=O)N(C)Cc1ccc(OC)cc1. The van der Waals surface area contributed by atoms with Crippen molar-refractivity contribution in [2.24, 2.45) is 5.92 Å². The van der Waals surface area contributed by atoms with Crippen molar-refractivity contribution in [3.05, 3.63) is 29.8 Å². The number of nitrogens with zero attached hydrogens (tertiary/aromatic N) is 1. The quantitative estimate of drug-likeness (QED) is 0.777. The Labute approximate surface area is 121 Å². The standard InChI is InChI=1S/C15H23NO3S/c1-4-15(13-7-8-13)20(17,18)16(2)11-12-5-9-14(19-3)10-6-12/h5-6,9-10,13,15H,4,7-8,11H2,1-3H3. The van der Waals surface area contributed by atoms with Crippen molar-refractivity contribution in [2.45, 2.75) is 38.0 Å². The molecule has 1 unspecified atom stereocenters. The predicted molar refractivity (Wildman–Crippen MR) is 80.2 cm³/mol. The Balaban J connectivity index is 2.07. The first kappa shape index (κ1) is 15.3. The van der Waals surface area contributed by atoms with Crippen LogP contribution in [0.25, 0.3) is 0 Å². The van der Waals surface area contributed by atoms with Crippen LogP contribution in [0.1, 0.15) is 31.7 Å². The molecule has 0 aliphatic heterocycles. The average molecular weight is 297 g/mol. The maximum atomic E-state index is 12.6. The van der Waals surface area contributed by atoms with Crippen molar-refractivity contribution in [2.75, 3.05) is 14.2 Å². The monoisotopic (exact) mass is 297 g/mol. The first-order valence-corrected chi connectivity index (χ1v) is 8.57. The summed E-state index contributed by atoms with van der Waals surface area (Å²) >= 11 is 0. The molecule has 0 amide bonds. The lowest BCUT2D eigenvalue weighted by Gasteiger charge is -2.23. The van der Waals surface area contributed by atoms with Gasteiger partial charge in [0.05, 0.1) is 12.4 Å². The third kappa shape index (κ3) is 3.33. The number of benzene rings is 1. The Morgan fingerprint density at radius 2 is 1.90 bits per heavy atom. The highest BCUT2D eigenvalue weighted by Gasteiger charge is 2.40. The Kier molecular flexibility index (Phi) is 4.70. The maximum absolute atomic E-state index is 12.6. The Hall–Kier alpha value is -1.07. The minimum absolute atomic E-state index is 0.217. The third-order valence-corrected chi connectivity index (χ3v) is 6.41. The van der Waals surface area contributed by atoms with Crippen LogP contribution in [0, 0.1) is 5.92 Å². The van der Waals surface area contributed by atoms with Crippen LogP contribution in [-0.2, 0) is 16.6 Å². The molecule has 4 nitrogen and oxygen atoms in total. The fourth-order valence-electron chi connectivity index (χ4n) is 2.56. The summed E-state index contributed by atoms with van der Waals surface area (Å²) in [7, 11) is 0.0897. The molecule has 5 heteroatoms. The van der Waals surface area contributed by atoms with Gasteiger partial charge in [-0.1, -0.05) is 19.1 Å². The molecule has 1 saturated carbocycles. The van der Waals surface area contributed by atoms with Gasteiger partial charge >= 0.3 is 0 Å². The molecule has 0 saturated heterocycles. The van der Waals surface area contributed by atoms with E-state index in [1.165, 1.54) is 4.31 Å². The second-order valence-electron chi connectivity index (χ2n) is 5.43. The van der Waals surface area contributed by atoms with E-state index in [0.717, 1.165) is 24.2 Å². The van der Waals surface area contributed by atoms with Crippen LogP contribution >= 0.6 is 0 Å². The van der Waals surface area contributed by atoms with E-state index in [0.29, 0.717) is 18.9 Å². The molecule has 0 radical (unpaired) electrons. The number of hydrogen-bond acceptors (Lipinski definition) is 3. The molecular formula is C15H23NO3S. The lowest BCUT2D eigenvalue weighted by atomic mass is 10.2. The second kappa shape index (κ2) is 6.14. The van der Waals surface area contributed by atoms with Crippen LogP contribution in [-0.4, -0.2) is 32.1 Å². The van der Waals surface area contributed by atoms with Crippen molar-refractivity contribution in [3.63, 3.8) is 0 Å². The summed E-state index contributed by atoms with van der Waals surface area (Å²) in [5, 5.41) is -0.217. The molecule has 1 aromatic rings. The molecule has 0 bridgehead atoms. The molecule has 0 N–H and O–H groups in total. The summed E-state index contributed by atoms with van der Waals surface area (Å²) in [6.07, 6.45) is 2.79. The van der Waals surface area contributed by atoms with E-state index in [4.69, 9.17) is 4.74 Å². The first-order chi connectivity index (χ1) is 9.48. The number of rotatable bonds is 7. The van der Waals surface area contributed by atoms with E-state index in [2.05, 4.69) is 0 Å². The summed E-state index contributed by atoms with van der Waals surface area (Å²) < 4.78 is 31.7. The third-order valence-electron chi connectivity index (χ3n) is 3.93. The van der Waals surface area contributed by atoms with Gasteiger partial charge in [0, 0.05) is 13.6 Å². The van der Waals surface area contributed by atoms with Gasteiger partial charge in [-0.15, -0.1) is 0 Å². The molecular weight excluding hydrogens is 274 g/mol. The van der Waals surface area contributed by atoms with Gasteiger partial charge in [-0.25, -0.2) is 12.7 Å². The van der Waals surface area contributed by atoms with E-state index in [1.54, 1.807) is 14.2 Å². The van der Waals surface area contributed by atoms with Crippen LogP contribution in [0.2, 0.25) is 0 Å². The molecule has 1 fully saturated rings. The van der Waals surface area contributed by atoms with Gasteiger partial charge in [0.15, 0.2) is 0 Å². The summed E-state index contributed by atoms with van der Waals surface area (Å²) in [5.41, 5.74) is 0.975. The zero-order chi connectivity index (χ0) is 14.8. The van der Waals surface area contributed by atoms with Crippen LogP contribution in [0.5, 0.6) is 5.75 Å². The summed E-state index contributed by atoms with van der Waals surface area (Å²) in [4.78, 5) is 0. The highest BCUT2D eigenvalue weighted by molar-refractivity contribution is 7.89. The summed E-state index contributed by atoms with van der Waals surface area (Å²) in [5.74, 6) is 1.15. The van der Waals surface area contributed by atoms with Gasteiger partial charge in [0.25, 0.3) is 0 Å². The van der Waals surface area contributed by atoms with Crippen molar-refractivity contribution >= 4 is 10.0 Å². The zero-order valence-electron chi connectivity index (χ0n) is 12.4. The number of hydrogen-bond donors (Lipinski definition) is 0. The smallest absolute Gasteiger partial charge is 0.217 e. The minimum Gasteiger partial charge on any atom is -0.497 e. The Morgan fingerprint density at radius 3 is 2.35 bits per heavy atom.